The number of carbonyl (C=O) groups excluding carboxylic acids is 1. The second-order valence-electron chi connectivity index (χ2n) is 4.83. The maximum absolute atomic E-state index is 12.4. The minimum Gasteiger partial charge on any atom is -0.493 e. The van der Waals surface area contributed by atoms with Gasteiger partial charge >= 0.3 is 0 Å². The summed E-state index contributed by atoms with van der Waals surface area (Å²) >= 11 is 8.22. The van der Waals surface area contributed by atoms with Crippen molar-refractivity contribution in [3.05, 3.63) is 62.2 Å². The monoisotopic (exact) mass is 413 g/mol. The van der Waals surface area contributed by atoms with Crippen LogP contribution in [0.3, 0.4) is 0 Å². The van der Waals surface area contributed by atoms with Crippen molar-refractivity contribution in [3.8, 4) is 5.75 Å². The van der Waals surface area contributed by atoms with Gasteiger partial charge in [0.05, 0.1) is 18.2 Å². The Labute approximate surface area is 141 Å². The Morgan fingerprint density at radius 2 is 2.10 bits per heavy atom. The van der Waals surface area contributed by atoms with Crippen LogP contribution in [0.5, 0.6) is 5.75 Å². The second-order valence-corrected chi connectivity index (χ2v) is 6.42. The fourth-order valence-corrected chi connectivity index (χ4v) is 3.21. The largest absolute Gasteiger partial charge is 0.493 e. The molecule has 1 aliphatic heterocycles. The summed E-state index contributed by atoms with van der Waals surface area (Å²) in [6, 6.07) is 13.0. The summed E-state index contributed by atoms with van der Waals surface area (Å²) < 4.78 is 6.54. The molecule has 3 rings (SSSR count). The highest BCUT2D eigenvalue weighted by molar-refractivity contribution is 14.1. The van der Waals surface area contributed by atoms with E-state index in [0.29, 0.717) is 17.2 Å². The third-order valence-electron chi connectivity index (χ3n) is 3.44. The van der Waals surface area contributed by atoms with Crippen LogP contribution in [-0.2, 0) is 0 Å². The van der Waals surface area contributed by atoms with Crippen molar-refractivity contribution < 1.29 is 9.53 Å². The molecule has 2 aromatic carbocycles. The zero-order chi connectivity index (χ0) is 14.8. The van der Waals surface area contributed by atoms with E-state index >= 15 is 0 Å². The van der Waals surface area contributed by atoms with Crippen molar-refractivity contribution in [2.24, 2.45) is 0 Å². The molecule has 0 aromatic heterocycles. The van der Waals surface area contributed by atoms with E-state index in [-0.39, 0.29) is 11.9 Å². The zero-order valence-corrected chi connectivity index (χ0v) is 14.0. The Balaban J connectivity index is 1.85. The molecular formula is C16H13ClINO2. The predicted molar refractivity (Wildman–Crippen MR) is 90.9 cm³/mol. The molecule has 5 heteroatoms. The summed E-state index contributed by atoms with van der Waals surface area (Å²) in [5.41, 5.74) is 1.63. The van der Waals surface area contributed by atoms with Gasteiger partial charge in [0.25, 0.3) is 5.91 Å². The molecule has 0 radical (unpaired) electrons. The van der Waals surface area contributed by atoms with Gasteiger partial charge in [-0.15, -0.1) is 0 Å². The molecule has 2 aromatic rings. The van der Waals surface area contributed by atoms with Gasteiger partial charge in [0.2, 0.25) is 0 Å². The number of hydrogen-bond acceptors (Lipinski definition) is 2. The minimum absolute atomic E-state index is 0.0715. The SMILES string of the molecule is O=C(NC1CCOc2ccc(Cl)cc21)c1ccccc1I. The van der Waals surface area contributed by atoms with Crippen molar-refractivity contribution in [2.45, 2.75) is 12.5 Å². The topological polar surface area (TPSA) is 38.3 Å². The lowest BCUT2D eigenvalue weighted by Crippen LogP contribution is -2.32. The molecule has 21 heavy (non-hydrogen) atoms. The number of amides is 1. The Hall–Kier alpha value is -1.27. The van der Waals surface area contributed by atoms with Gasteiger partial charge in [-0.25, -0.2) is 0 Å². The fourth-order valence-electron chi connectivity index (χ4n) is 2.40. The number of hydrogen-bond donors (Lipinski definition) is 1. The van der Waals surface area contributed by atoms with E-state index < -0.39 is 0 Å². The molecule has 0 bridgehead atoms. The first kappa shape index (κ1) is 14.7. The lowest BCUT2D eigenvalue weighted by atomic mass is 10.00. The van der Waals surface area contributed by atoms with Gasteiger partial charge in [0.1, 0.15) is 5.75 Å². The van der Waals surface area contributed by atoms with E-state index in [0.717, 1.165) is 21.3 Å². The summed E-state index contributed by atoms with van der Waals surface area (Å²) in [6.45, 7) is 0.589. The second kappa shape index (κ2) is 6.23. The van der Waals surface area contributed by atoms with Gasteiger partial charge in [-0.1, -0.05) is 23.7 Å². The van der Waals surface area contributed by atoms with E-state index in [1.54, 1.807) is 6.07 Å². The van der Waals surface area contributed by atoms with Crippen molar-refractivity contribution in [3.63, 3.8) is 0 Å². The summed E-state index contributed by atoms with van der Waals surface area (Å²) in [5, 5.41) is 3.72. The van der Waals surface area contributed by atoms with Crippen molar-refractivity contribution in [2.75, 3.05) is 6.61 Å². The standard InChI is InChI=1S/C16H13ClINO2/c17-10-5-6-15-12(9-10)14(7-8-21-15)19-16(20)11-3-1-2-4-13(11)18/h1-6,9,14H,7-8H2,(H,19,20). The molecule has 1 N–H and O–H groups in total. The zero-order valence-electron chi connectivity index (χ0n) is 11.1. The van der Waals surface area contributed by atoms with Crippen LogP contribution in [0.1, 0.15) is 28.4 Å². The number of carbonyl (C=O) groups is 1. The predicted octanol–water partition coefficient (Wildman–Crippen LogP) is 4.20. The van der Waals surface area contributed by atoms with Crippen LogP contribution in [0, 0.1) is 3.57 Å². The molecule has 0 aliphatic carbocycles. The van der Waals surface area contributed by atoms with Crippen LogP contribution in [0.2, 0.25) is 5.02 Å². The molecule has 1 heterocycles. The molecule has 0 fully saturated rings. The molecule has 108 valence electrons. The van der Waals surface area contributed by atoms with Crippen molar-refractivity contribution in [1.82, 2.24) is 5.32 Å². The molecule has 3 nitrogen and oxygen atoms in total. The van der Waals surface area contributed by atoms with Crippen molar-refractivity contribution in [1.29, 1.82) is 0 Å². The van der Waals surface area contributed by atoms with Crippen molar-refractivity contribution >= 4 is 40.1 Å². The Morgan fingerprint density at radius 1 is 1.29 bits per heavy atom. The van der Waals surface area contributed by atoms with E-state index in [2.05, 4.69) is 27.9 Å². The molecule has 1 amide bonds. The van der Waals surface area contributed by atoms with Crippen LogP contribution >= 0.6 is 34.2 Å². The van der Waals surface area contributed by atoms with Crippen LogP contribution in [-0.4, -0.2) is 12.5 Å². The third-order valence-corrected chi connectivity index (χ3v) is 4.61. The minimum atomic E-state index is -0.0732. The fraction of sp³-hybridized carbons (Fsp3) is 0.188. The van der Waals surface area contributed by atoms with Gasteiger partial charge in [0.15, 0.2) is 0 Å². The molecule has 0 spiro atoms. The van der Waals surface area contributed by atoms with Crippen LogP contribution in [0.4, 0.5) is 0 Å². The number of nitrogens with one attached hydrogen (secondary N) is 1. The number of fused-ring (bicyclic) bond motifs is 1. The molecular weight excluding hydrogens is 401 g/mol. The van der Waals surface area contributed by atoms with E-state index in [4.69, 9.17) is 16.3 Å². The van der Waals surface area contributed by atoms with Gasteiger partial charge in [0, 0.05) is 20.6 Å². The van der Waals surface area contributed by atoms with Gasteiger partial charge in [-0.2, -0.15) is 0 Å². The van der Waals surface area contributed by atoms with Gasteiger partial charge in [-0.3, -0.25) is 4.79 Å². The molecule has 1 aliphatic rings. The van der Waals surface area contributed by atoms with E-state index in [1.165, 1.54) is 0 Å². The summed E-state index contributed by atoms with van der Waals surface area (Å²) in [5.74, 6) is 0.719. The Morgan fingerprint density at radius 3 is 2.90 bits per heavy atom. The normalized spacial score (nSPS) is 16.8. The summed E-state index contributed by atoms with van der Waals surface area (Å²) in [4.78, 5) is 12.4. The Bertz CT molecular complexity index is 690. The van der Waals surface area contributed by atoms with Gasteiger partial charge in [-0.05, 0) is 52.9 Å². The first-order valence-electron chi connectivity index (χ1n) is 6.63. The van der Waals surface area contributed by atoms with E-state index in [1.807, 2.05) is 36.4 Å². The summed E-state index contributed by atoms with van der Waals surface area (Å²) in [7, 11) is 0. The average molecular weight is 414 g/mol. The summed E-state index contributed by atoms with van der Waals surface area (Å²) in [6.07, 6.45) is 0.739. The lowest BCUT2D eigenvalue weighted by Gasteiger charge is -2.27. The van der Waals surface area contributed by atoms with Gasteiger partial charge < -0.3 is 10.1 Å². The molecule has 0 saturated heterocycles. The number of rotatable bonds is 2. The quantitative estimate of drug-likeness (QED) is 0.750. The third kappa shape index (κ3) is 3.16. The first-order valence-corrected chi connectivity index (χ1v) is 8.08. The van der Waals surface area contributed by atoms with Crippen LogP contribution < -0.4 is 10.1 Å². The van der Waals surface area contributed by atoms with Crippen LogP contribution in [0.25, 0.3) is 0 Å². The highest BCUT2D eigenvalue weighted by Crippen LogP contribution is 2.34. The average Bonchev–Trinajstić information content (AvgIpc) is 2.48. The highest BCUT2D eigenvalue weighted by atomic mass is 127. The molecule has 0 saturated carbocycles. The Kier molecular flexibility index (Phi) is 4.35. The van der Waals surface area contributed by atoms with Crippen LogP contribution in [0.15, 0.2) is 42.5 Å². The smallest absolute Gasteiger partial charge is 0.252 e. The molecule has 1 unspecified atom stereocenters. The lowest BCUT2D eigenvalue weighted by molar-refractivity contribution is 0.0924. The number of benzene rings is 2. The number of halogens is 2. The van der Waals surface area contributed by atoms with E-state index in [9.17, 15) is 4.79 Å². The number of ether oxygens (including phenoxy) is 1. The maximum Gasteiger partial charge on any atom is 0.252 e. The first-order chi connectivity index (χ1) is 10.1. The highest BCUT2D eigenvalue weighted by Gasteiger charge is 2.24. The molecule has 1 atom stereocenters. The maximum atomic E-state index is 12.4.